The highest BCUT2D eigenvalue weighted by molar-refractivity contribution is 7.99. The lowest BCUT2D eigenvalue weighted by molar-refractivity contribution is -0.116. The Bertz CT molecular complexity index is 1560. The second-order valence-electron chi connectivity index (χ2n) is 9.81. The van der Waals surface area contributed by atoms with Gasteiger partial charge in [0.1, 0.15) is 5.75 Å². The number of carbonyl (C=O) groups is 2. The van der Waals surface area contributed by atoms with E-state index in [1.165, 1.54) is 17.3 Å². The molecule has 0 unspecified atom stereocenters. The summed E-state index contributed by atoms with van der Waals surface area (Å²) in [5.74, 6) is 1.12. The fourth-order valence-corrected chi connectivity index (χ4v) is 5.83. The first-order valence-electron chi connectivity index (χ1n) is 13.9. The van der Waals surface area contributed by atoms with Gasteiger partial charge in [0.05, 0.1) is 34.6 Å². The molecule has 11 heteroatoms. The summed E-state index contributed by atoms with van der Waals surface area (Å²) in [6.45, 7) is 3.53. The number of hydrogen-bond donors (Lipinski definition) is 1. The molecule has 1 aromatic heterocycles. The first-order valence-corrected chi connectivity index (χ1v) is 15.6. The van der Waals surface area contributed by atoms with Gasteiger partial charge in [-0.05, 0) is 73.4 Å². The zero-order valence-corrected chi connectivity index (χ0v) is 25.5. The van der Waals surface area contributed by atoms with Gasteiger partial charge in [-0.2, -0.15) is 0 Å². The van der Waals surface area contributed by atoms with E-state index in [2.05, 4.69) is 28.5 Å². The largest absolute Gasteiger partial charge is 0.494 e. The maximum Gasteiger partial charge on any atom is 0.251 e. The molecule has 1 N–H and O–H groups in total. The van der Waals surface area contributed by atoms with Crippen LogP contribution in [0, 0.1) is 0 Å². The number of fused-ring (bicyclic) bond motifs is 1. The number of unbranched alkanes of at least 4 members (excludes halogenated alkanes) is 1. The summed E-state index contributed by atoms with van der Waals surface area (Å²) in [4.78, 5) is 28.1. The molecule has 2 amide bonds. The van der Waals surface area contributed by atoms with Gasteiger partial charge in [-0.1, -0.05) is 66.5 Å². The van der Waals surface area contributed by atoms with Crippen molar-refractivity contribution in [3.8, 4) is 11.4 Å². The van der Waals surface area contributed by atoms with E-state index in [-0.39, 0.29) is 24.1 Å². The highest BCUT2D eigenvalue weighted by Crippen LogP contribution is 2.30. The minimum atomic E-state index is -0.257. The van der Waals surface area contributed by atoms with Crippen molar-refractivity contribution >= 4 is 52.5 Å². The van der Waals surface area contributed by atoms with Gasteiger partial charge in [0, 0.05) is 17.8 Å². The van der Waals surface area contributed by atoms with Crippen LogP contribution in [0.15, 0.2) is 71.9 Å². The molecule has 1 aliphatic rings. The predicted molar refractivity (Wildman–Crippen MR) is 167 cm³/mol. The highest BCUT2D eigenvalue weighted by atomic mass is 35.5. The van der Waals surface area contributed by atoms with Crippen LogP contribution in [0.4, 0.5) is 5.69 Å². The first-order chi connectivity index (χ1) is 20.4. The van der Waals surface area contributed by atoms with Crippen LogP contribution in [-0.2, 0) is 17.8 Å². The Morgan fingerprint density at radius 3 is 2.62 bits per heavy atom. The van der Waals surface area contributed by atoms with Crippen molar-refractivity contribution < 1.29 is 14.3 Å². The number of halogens is 2. The van der Waals surface area contributed by atoms with Crippen molar-refractivity contribution in [2.75, 3.05) is 23.8 Å². The topological polar surface area (TPSA) is 89.3 Å². The number of ether oxygens (including phenoxy) is 1. The number of benzene rings is 3. The average molecular weight is 625 g/mol. The fraction of sp³-hybridized carbons (Fsp3) is 0.290. The zero-order valence-electron chi connectivity index (χ0n) is 23.2. The monoisotopic (exact) mass is 623 g/mol. The number of hydrogen-bond acceptors (Lipinski definition) is 6. The Morgan fingerprint density at radius 1 is 1.02 bits per heavy atom. The molecule has 2 heterocycles. The van der Waals surface area contributed by atoms with E-state index < -0.39 is 0 Å². The molecule has 5 rings (SSSR count). The first kappa shape index (κ1) is 29.9. The number of anilines is 1. The van der Waals surface area contributed by atoms with Crippen LogP contribution in [-0.4, -0.2) is 45.5 Å². The van der Waals surface area contributed by atoms with Crippen molar-refractivity contribution in [1.82, 2.24) is 20.1 Å². The number of thioether (sulfide) groups is 1. The van der Waals surface area contributed by atoms with Crippen molar-refractivity contribution in [3.05, 3.63) is 93.7 Å². The summed E-state index contributed by atoms with van der Waals surface area (Å²) in [7, 11) is 0. The summed E-state index contributed by atoms with van der Waals surface area (Å²) < 4.78 is 7.48. The van der Waals surface area contributed by atoms with Crippen LogP contribution in [0.1, 0.15) is 47.9 Å². The fourth-order valence-electron chi connectivity index (χ4n) is 4.69. The normalized spacial score (nSPS) is 12.6. The smallest absolute Gasteiger partial charge is 0.251 e. The molecule has 0 spiro atoms. The van der Waals surface area contributed by atoms with Crippen LogP contribution >= 0.6 is 35.0 Å². The third-order valence-corrected chi connectivity index (χ3v) is 8.54. The van der Waals surface area contributed by atoms with Crippen molar-refractivity contribution in [2.45, 2.75) is 44.3 Å². The van der Waals surface area contributed by atoms with Gasteiger partial charge in [-0.3, -0.25) is 14.2 Å². The molecule has 4 aromatic rings. The molecule has 0 atom stereocenters. The summed E-state index contributed by atoms with van der Waals surface area (Å²) in [6.07, 6.45) is 3.91. The Balaban J connectivity index is 1.31. The Morgan fingerprint density at radius 2 is 1.83 bits per heavy atom. The molecule has 0 bridgehead atoms. The van der Waals surface area contributed by atoms with Gasteiger partial charge in [-0.25, -0.2) is 0 Å². The third kappa shape index (κ3) is 7.09. The maximum atomic E-state index is 13.3. The van der Waals surface area contributed by atoms with Crippen molar-refractivity contribution in [1.29, 1.82) is 0 Å². The maximum absolute atomic E-state index is 13.3. The number of para-hydroxylation sites is 1. The number of rotatable bonds is 11. The molecular weight excluding hydrogens is 593 g/mol. The van der Waals surface area contributed by atoms with Crippen LogP contribution in [0.25, 0.3) is 5.69 Å². The van der Waals surface area contributed by atoms with E-state index in [0.717, 1.165) is 37.1 Å². The number of nitrogens with one attached hydrogen (secondary N) is 1. The zero-order chi connectivity index (χ0) is 29.5. The molecular formula is C31H31Cl2N5O3S. The molecule has 0 saturated heterocycles. The molecule has 0 saturated carbocycles. The highest BCUT2D eigenvalue weighted by Gasteiger charge is 2.24. The summed E-state index contributed by atoms with van der Waals surface area (Å²) >= 11 is 13.8. The lowest BCUT2D eigenvalue weighted by Crippen LogP contribution is -2.36. The lowest BCUT2D eigenvalue weighted by atomic mass is 10.0. The van der Waals surface area contributed by atoms with E-state index in [0.29, 0.717) is 45.4 Å². The number of amides is 2. The molecule has 42 heavy (non-hydrogen) atoms. The quantitative estimate of drug-likeness (QED) is 0.147. The number of aryl methyl sites for hydroxylation is 1. The Kier molecular flexibility index (Phi) is 10.0. The van der Waals surface area contributed by atoms with Crippen molar-refractivity contribution in [2.24, 2.45) is 0 Å². The van der Waals surface area contributed by atoms with Crippen molar-refractivity contribution in [3.63, 3.8) is 0 Å². The molecule has 0 fully saturated rings. The minimum Gasteiger partial charge on any atom is -0.494 e. The minimum absolute atomic E-state index is 0.00666. The van der Waals surface area contributed by atoms with Gasteiger partial charge in [-0.15, -0.1) is 10.2 Å². The second-order valence-corrected chi connectivity index (χ2v) is 11.6. The number of carbonyl (C=O) groups excluding carboxylic acids is 2. The predicted octanol–water partition coefficient (Wildman–Crippen LogP) is 6.75. The van der Waals surface area contributed by atoms with Gasteiger partial charge in [0.15, 0.2) is 11.0 Å². The lowest BCUT2D eigenvalue weighted by Gasteiger charge is -2.29. The van der Waals surface area contributed by atoms with E-state index in [4.69, 9.17) is 27.9 Å². The average Bonchev–Trinajstić information content (AvgIpc) is 3.43. The van der Waals surface area contributed by atoms with E-state index in [1.807, 2.05) is 23.1 Å². The summed E-state index contributed by atoms with van der Waals surface area (Å²) in [5.41, 5.74) is 3.31. The molecule has 1 aliphatic heterocycles. The molecule has 8 nitrogen and oxygen atoms in total. The SMILES string of the molecule is CCCCOc1ccc(C(=O)NCc2nnc(SCC(=O)N3CCCc4ccccc43)n2-c2ccc(Cl)c(Cl)c2)cc1. The number of nitrogens with zero attached hydrogens (tertiary/aromatic N) is 4. The summed E-state index contributed by atoms with van der Waals surface area (Å²) in [6, 6.07) is 20.2. The third-order valence-electron chi connectivity index (χ3n) is 6.89. The number of aromatic nitrogens is 3. The molecule has 0 radical (unpaired) electrons. The van der Waals surface area contributed by atoms with Gasteiger partial charge in [0.2, 0.25) is 5.91 Å². The summed E-state index contributed by atoms with van der Waals surface area (Å²) in [5, 5.41) is 12.9. The Labute approximate surface area is 259 Å². The van der Waals surface area contributed by atoms with Crippen LogP contribution < -0.4 is 15.0 Å². The standard InChI is InChI=1S/C31H31Cl2N5O3S/c1-2-3-17-41-24-13-10-22(11-14-24)30(40)34-19-28-35-36-31(38(28)23-12-15-25(32)26(33)18-23)42-20-29(39)37-16-6-8-21-7-4-5-9-27(21)37/h4-5,7,9-15,18H,2-3,6,8,16-17,19-20H2,1H3,(H,34,40). The van der Waals surface area contributed by atoms with Crippen LogP contribution in [0.2, 0.25) is 10.0 Å². The van der Waals surface area contributed by atoms with Gasteiger partial charge >= 0.3 is 0 Å². The van der Waals surface area contributed by atoms with Crippen LogP contribution in [0.3, 0.4) is 0 Å². The Hall–Kier alpha value is -3.53. The van der Waals surface area contributed by atoms with E-state index in [1.54, 1.807) is 47.0 Å². The van der Waals surface area contributed by atoms with E-state index in [9.17, 15) is 9.59 Å². The van der Waals surface area contributed by atoms with Crippen LogP contribution in [0.5, 0.6) is 5.75 Å². The van der Waals surface area contributed by atoms with Gasteiger partial charge in [0.25, 0.3) is 5.91 Å². The molecule has 0 aliphatic carbocycles. The van der Waals surface area contributed by atoms with Gasteiger partial charge < -0.3 is 15.0 Å². The molecule has 218 valence electrons. The molecule has 3 aromatic carbocycles. The second kappa shape index (κ2) is 14.1. The van der Waals surface area contributed by atoms with E-state index >= 15 is 0 Å².